The Morgan fingerprint density at radius 3 is 2.41 bits per heavy atom. The van der Waals surface area contributed by atoms with Gasteiger partial charge in [-0.15, -0.1) is 0 Å². The van der Waals surface area contributed by atoms with Crippen LogP contribution in [-0.4, -0.2) is 43.0 Å². The van der Waals surface area contributed by atoms with Crippen LogP contribution >= 0.6 is 11.6 Å². The lowest BCUT2D eigenvalue weighted by molar-refractivity contribution is 0.0955. The molecule has 144 valence electrons. The summed E-state index contributed by atoms with van der Waals surface area (Å²) in [7, 11) is -2.24. The van der Waals surface area contributed by atoms with Gasteiger partial charge in [0, 0.05) is 42.3 Å². The standard InChI is InChI=1S/C19H21ClN2O4S/c1-25-18-5-2-13(20)10-19(18)27(23,24)22-14-3-4-15(22)12-17(11-14)26-16-6-8-21-9-7-16/h2,5-10,14-15,17H,3-4,11-12H2,1H3. The van der Waals surface area contributed by atoms with E-state index in [1.807, 2.05) is 12.1 Å². The van der Waals surface area contributed by atoms with E-state index in [-0.39, 0.29) is 23.1 Å². The molecule has 3 heterocycles. The molecule has 8 heteroatoms. The Hall–Kier alpha value is -1.83. The molecule has 1 aromatic heterocycles. The summed E-state index contributed by atoms with van der Waals surface area (Å²) in [5.74, 6) is 1.08. The summed E-state index contributed by atoms with van der Waals surface area (Å²) in [5, 5.41) is 0.373. The molecule has 0 aliphatic carbocycles. The maximum atomic E-state index is 13.4. The minimum Gasteiger partial charge on any atom is -0.495 e. The highest BCUT2D eigenvalue weighted by Crippen LogP contribution is 2.42. The molecule has 0 spiro atoms. The molecule has 2 fully saturated rings. The smallest absolute Gasteiger partial charge is 0.247 e. The number of hydrogen-bond acceptors (Lipinski definition) is 5. The van der Waals surface area contributed by atoms with Crippen LogP contribution in [0.3, 0.4) is 0 Å². The number of hydrogen-bond donors (Lipinski definition) is 0. The lowest BCUT2D eigenvalue weighted by atomic mass is 10.0. The van der Waals surface area contributed by atoms with Crippen molar-refractivity contribution >= 4 is 21.6 Å². The van der Waals surface area contributed by atoms with Gasteiger partial charge in [-0.3, -0.25) is 4.98 Å². The quantitative estimate of drug-likeness (QED) is 0.757. The van der Waals surface area contributed by atoms with Crippen molar-refractivity contribution in [3.05, 3.63) is 47.7 Å². The van der Waals surface area contributed by atoms with Gasteiger partial charge in [0.05, 0.1) is 7.11 Å². The number of methoxy groups -OCH3 is 1. The molecule has 0 radical (unpaired) electrons. The molecular formula is C19H21ClN2O4S. The van der Waals surface area contributed by atoms with Gasteiger partial charge in [0.1, 0.15) is 22.5 Å². The summed E-state index contributed by atoms with van der Waals surface area (Å²) in [6, 6.07) is 8.17. The second kappa shape index (κ2) is 7.30. The molecule has 4 rings (SSSR count). The number of rotatable bonds is 5. The number of halogens is 1. The molecule has 2 aliphatic heterocycles. The van der Waals surface area contributed by atoms with Gasteiger partial charge < -0.3 is 9.47 Å². The average Bonchev–Trinajstić information content (AvgIpc) is 2.95. The molecule has 2 saturated heterocycles. The van der Waals surface area contributed by atoms with E-state index in [9.17, 15) is 8.42 Å². The molecule has 27 heavy (non-hydrogen) atoms. The Kier molecular flexibility index (Phi) is 5.01. The minimum atomic E-state index is -3.70. The zero-order valence-electron chi connectivity index (χ0n) is 14.9. The first kappa shape index (κ1) is 18.5. The van der Waals surface area contributed by atoms with E-state index in [1.165, 1.54) is 13.2 Å². The van der Waals surface area contributed by atoms with E-state index in [2.05, 4.69) is 4.98 Å². The van der Waals surface area contributed by atoms with Crippen LogP contribution in [0.15, 0.2) is 47.6 Å². The highest BCUT2D eigenvalue weighted by Gasteiger charge is 2.48. The first-order valence-corrected chi connectivity index (χ1v) is 10.7. The van der Waals surface area contributed by atoms with Gasteiger partial charge in [0.25, 0.3) is 0 Å². The average molecular weight is 409 g/mol. The van der Waals surface area contributed by atoms with Crippen molar-refractivity contribution < 1.29 is 17.9 Å². The van der Waals surface area contributed by atoms with Crippen LogP contribution in [-0.2, 0) is 10.0 Å². The molecule has 0 saturated carbocycles. The lowest BCUT2D eigenvalue weighted by Crippen LogP contribution is -2.49. The van der Waals surface area contributed by atoms with Crippen LogP contribution < -0.4 is 9.47 Å². The van der Waals surface area contributed by atoms with E-state index >= 15 is 0 Å². The number of nitrogens with zero attached hydrogens (tertiary/aromatic N) is 2. The van der Waals surface area contributed by atoms with Gasteiger partial charge in [0.15, 0.2) is 0 Å². The molecule has 0 N–H and O–H groups in total. The number of aromatic nitrogens is 1. The summed E-state index contributed by atoms with van der Waals surface area (Å²) in [6.45, 7) is 0. The summed E-state index contributed by atoms with van der Waals surface area (Å²) < 4.78 is 39.7. The van der Waals surface area contributed by atoms with E-state index in [1.54, 1.807) is 28.8 Å². The van der Waals surface area contributed by atoms with Gasteiger partial charge in [-0.2, -0.15) is 4.31 Å². The lowest BCUT2D eigenvalue weighted by Gasteiger charge is -2.38. The van der Waals surface area contributed by atoms with Crippen LogP contribution in [0.4, 0.5) is 0 Å². The van der Waals surface area contributed by atoms with E-state index < -0.39 is 10.0 Å². The molecular weight excluding hydrogens is 388 g/mol. The number of benzene rings is 1. The van der Waals surface area contributed by atoms with Crippen LogP contribution in [0.5, 0.6) is 11.5 Å². The van der Waals surface area contributed by atoms with Crippen LogP contribution in [0.2, 0.25) is 5.02 Å². The fourth-order valence-electron chi connectivity index (χ4n) is 4.15. The predicted octanol–water partition coefficient (Wildman–Crippen LogP) is 3.51. The van der Waals surface area contributed by atoms with E-state index in [0.29, 0.717) is 23.6 Å². The fourth-order valence-corrected chi connectivity index (χ4v) is 6.46. The first-order valence-electron chi connectivity index (χ1n) is 8.93. The van der Waals surface area contributed by atoms with Crippen molar-refractivity contribution in [2.75, 3.05) is 7.11 Å². The van der Waals surface area contributed by atoms with Gasteiger partial charge in [-0.1, -0.05) is 11.6 Å². The summed E-state index contributed by atoms with van der Waals surface area (Å²) in [6.07, 6.45) is 6.38. The maximum Gasteiger partial charge on any atom is 0.247 e. The van der Waals surface area contributed by atoms with Crippen LogP contribution in [0.1, 0.15) is 25.7 Å². The van der Waals surface area contributed by atoms with Crippen molar-refractivity contribution in [2.45, 2.75) is 48.8 Å². The number of fused-ring (bicyclic) bond motifs is 2. The molecule has 0 amide bonds. The number of ether oxygens (including phenoxy) is 2. The van der Waals surface area contributed by atoms with Gasteiger partial charge in [-0.05, 0) is 43.2 Å². The van der Waals surface area contributed by atoms with Crippen molar-refractivity contribution in [3.63, 3.8) is 0 Å². The third-order valence-electron chi connectivity index (χ3n) is 5.26. The monoisotopic (exact) mass is 408 g/mol. The number of piperidine rings is 1. The zero-order chi connectivity index (χ0) is 19.0. The Morgan fingerprint density at radius 1 is 1.11 bits per heavy atom. The molecule has 2 atom stereocenters. The highest BCUT2D eigenvalue weighted by molar-refractivity contribution is 7.89. The van der Waals surface area contributed by atoms with Crippen molar-refractivity contribution in [1.82, 2.24) is 9.29 Å². The SMILES string of the molecule is COc1ccc(Cl)cc1S(=O)(=O)N1C2CCC1CC(Oc1ccncc1)C2. The normalized spacial score (nSPS) is 25.3. The van der Waals surface area contributed by atoms with Gasteiger partial charge >= 0.3 is 0 Å². The van der Waals surface area contributed by atoms with Crippen molar-refractivity contribution in [3.8, 4) is 11.5 Å². The van der Waals surface area contributed by atoms with Gasteiger partial charge in [-0.25, -0.2) is 8.42 Å². The number of pyridine rings is 1. The minimum absolute atomic E-state index is 0.00222. The molecule has 6 nitrogen and oxygen atoms in total. The fraction of sp³-hybridized carbons (Fsp3) is 0.421. The summed E-state index contributed by atoms with van der Waals surface area (Å²) >= 11 is 6.06. The summed E-state index contributed by atoms with van der Waals surface area (Å²) in [4.78, 5) is 4.12. The largest absolute Gasteiger partial charge is 0.495 e. The molecule has 2 bridgehead atoms. The third-order valence-corrected chi connectivity index (χ3v) is 7.52. The Morgan fingerprint density at radius 2 is 1.78 bits per heavy atom. The molecule has 2 unspecified atom stereocenters. The Bertz CT molecular complexity index is 909. The Labute approximate surface area is 164 Å². The maximum absolute atomic E-state index is 13.4. The molecule has 2 aliphatic rings. The predicted molar refractivity (Wildman–Crippen MR) is 102 cm³/mol. The van der Waals surface area contributed by atoms with Crippen molar-refractivity contribution in [1.29, 1.82) is 0 Å². The topological polar surface area (TPSA) is 68.7 Å². The third kappa shape index (κ3) is 3.51. The van der Waals surface area contributed by atoms with Crippen LogP contribution in [0.25, 0.3) is 0 Å². The molecule has 1 aromatic carbocycles. The second-order valence-corrected chi connectivity index (χ2v) is 9.16. The molecule has 2 aromatic rings. The first-order chi connectivity index (χ1) is 13.0. The van der Waals surface area contributed by atoms with Gasteiger partial charge in [0.2, 0.25) is 10.0 Å². The Balaban J connectivity index is 1.58. The second-order valence-electron chi connectivity index (χ2n) is 6.91. The number of sulfonamides is 1. The summed E-state index contributed by atoms with van der Waals surface area (Å²) in [5.41, 5.74) is 0. The van der Waals surface area contributed by atoms with E-state index in [0.717, 1.165) is 18.6 Å². The van der Waals surface area contributed by atoms with E-state index in [4.69, 9.17) is 21.1 Å². The zero-order valence-corrected chi connectivity index (χ0v) is 16.5. The van der Waals surface area contributed by atoms with Crippen molar-refractivity contribution in [2.24, 2.45) is 0 Å². The van der Waals surface area contributed by atoms with Crippen LogP contribution in [0, 0.1) is 0 Å². The highest BCUT2D eigenvalue weighted by atomic mass is 35.5.